The lowest BCUT2D eigenvalue weighted by atomic mass is 9.76. The van der Waals surface area contributed by atoms with Crippen LogP contribution in [-0.2, 0) is 0 Å². The highest BCUT2D eigenvalue weighted by Gasteiger charge is 2.35. The van der Waals surface area contributed by atoms with Crippen molar-refractivity contribution in [2.24, 2.45) is 11.8 Å². The number of furan rings is 1. The second-order valence-corrected chi connectivity index (χ2v) is 7.29. The van der Waals surface area contributed by atoms with Crippen molar-refractivity contribution in [3.8, 4) is 0 Å². The Labute approximate surface area is 139 Å². The molecule has 3 saturated heterocycles. The Hall–Kier alpha value is -1.03. The number of ketones is 1. The number of nitrogens with zero attached hydrogens (tertiary/aromatic N) is 1. The molecule has 0 N–H and O–H groups in total. The maximum absolute atomic E-state index is 12.6. The molecular weight excluding hydrogens is 321 g/mol. The Morgan fingerprint density at radius 1 is 1.23 bits per heavy atom. The summed E-state index contributed by atoms with van der Waals surface area (Å²) in [7, 11) is 0. The topological polar surface area (TPSA) is 33.5 Å². The number of benzene rings is 1. The number of Topliss-reactive ketones (excluding diaryl/α,β-unsaturated/α-hetero) is 1. The first-order valence-electron chi connectivity index (χ1n) is 7.74. The number of hydrogen-bond acceptors (Lipinski definition) is 3. The van der Waals surface area contributed by atoms with Crippen molar-refractivity contribution in [1.29, 1.82) is 0 Å². The zero-order valence-electron chi connectivity index (χ0n) is 12.1. The quantitative estimate of drug-likeness (QED) is 0.764. The second kappa shape index (κ2) is 5.55. The summed E-state index contributed by atoms with van der Waals surface area (Å²) in [6.07, 6.45) is 3.01. The molecule has 4 heterocycles. The molecule has 1 aromatic heterocycles. The highest BCUT2D eigenvalue weighted by atomic mass is 35.5. The van der Waals surface area contributed by atoms with E-state index in [1.54, 1.807) is 18.2 Å². The maximum atomic E-state index is 12.6. The fraction of sp³-hybridized carbons (Fsp3) is 0.471. The van der Waals surface area contributed by atoms with Gasteiger partial charge in [0.2, 0.25) is 0 Å². The Morgan fingerprint density at radius 2 is 2.00 bits per heavy atom. The Bertz CT molecular complexity index is 732. The molecule has 0 radical (unpaired) electrons. The van der Waals surface area contributed by atoms with Crippen LogP contribution in [0.25, 0.3) is 11.0 Å². The summed E-state index contributed by atoms with van der Waals surface area (Å²) >= 11 is 12.1. The smallest absolute Gasteiger partial charge is 0.198 e. The van der Waals surface area contributed by atoms with Crippen molar-refractivity contribution in [2.75, 3.05) is 19.6 Å². The van der Waals surface area contributed by atoms with Crippen LogP contribution >= 0.6 is 23.2 Å². The van der Waals surface area contributed by atoms with E-state index in [1.165, 1.54) is 25.9 Å². The lowest BCUT2D eigenvalue weighted by Gasteiger charge is -2.44. The van der Waals surface area contributed by atoms with Gasteiger partial charge in [0.1, 0.15) is 0 Å². The van der Waals surface area contributed by atoms with E-state index in [2.05, 4.69) is 4.90 Å². The van der Waals surface area contributed by atoms with Crippen LogP contribution in [0.5, 0.6) is 0 Å². The van der Waals surface area contributed by atoms with Gasteiger partial charge >= 0.3 is 0 Å². The molecule has 3 aliphatic heterocycles. The van der Waals surface area contributed by atoms with Gasteiger partial charge in [-0.1, -0.05) is 23.2 Å². The van der Waals surface area contributed by atoms with Crippen LogP contribution in [0.15, 0.2) is 22.6 Å². The number of carbonyl (C=O) groups excluding carboxylic acids is 1. The van der Waals surface area contributed by atoms with Gasteiger partial charge in [-0.05, 0) is 56.0 Å². The van der Waals surface area contributed by atoms with E-state index < -0.39 is 0 Å². The van der Waals surface area contributed by atoms with Gasteiger partial charge < -0.3 is 9.32 Å². The molecule has 0 spiro atoms. The van der Waals surface area contributed by atoms with Gasteiger partial charge in [0, 0.05) is 23.4 Å². The first kappa shape index (κ1) is 14.6. The van der Waals surface area contributed by atoms with Gasteiger partial charge in [-0.15, -0.1) is 0 Å². The van der Waals surface area contributed by atoms with Gasteiger partial charge in [0.25, 0.3) is 0 Å². The van der Waals surface area contributed by atoms with Gasteiger partial charge in [-0.2, -0.15) is 0 Å². The van der Waals surface area contributed by atoms with Crippen LogP contribution in [-0.4, -0.2) is 30.3 Å². The third kappa shape index (κ3) is 2.55. The summed E-state index contributed by atoms with van der Waals surface area (Å²) in [4.78, 5) is 15.0. The van der Waals surface area contributed by atoms with Gasteiger partial charge in [-0.25, -0.2) is 0 Å². The summed E-state index contributed by atoms with van der Waals surface area (Å²) < 4.78 is 5.68. The Morgan fingerprint density at radius 3 is 2.68 bits per heavy atom. The summed E-state index contributed by atoms with van der Waals surface area (Å²) in [6, 6.07) is 5.17. The van der Waals surface area contributed by atoms with Gasteiger partial charge in [0.05, 0.1) is 5.02 Å². The minimum absolute atomic E-state index is 0.0714. The Kier molecular flexibility index (Phi) is 3.67. The number of rotatable bonds is 3. The van der Waals surface area contributed by atoms with Crippen LogP contribution in [0, 0.1) is 11.8 Å². The number of carbonyl (C=O) groups is 1. The SMILES string of the molecule is O=C(C[C@H]1CN2CCC1CC2)c1cc2cc(Cl)cc(Cl)c2o1. The van der Waals surface area contributed by atoms with Crippen LogP contribution in [0.1, 0.15) is 29.8 Å². The minimum atomic E-state index is 0.0714. The van der Waals surface area contributed by atoms with E-state index in [0.29, 0.717) is 39.6 Å². The van der Waals surface area contributed by atoms with Crippen LogP contribution in [0.2, 0.25) is 10.0 Å². The minimum Gasteiger partial charge on any atom is -0.451 e. The molecule has 3 nitrogen and oxygen atoms in total. The lowest BCUT2D eigenvalue weighted by molar-refractivity contribution is 0.0433. The average Bonchev–Trinajstić information content (AvgIpc) is 2.93. The third-order valence-electron chi connectivity index (χ3n) is 5.05. The summed E-state index contributed by atoms with van der Waals surface area (Å²) in [5.74, 6) is 1.62. The van der Waals surface area contributed by atoms with Gasteiger partial charge in [0.15, 0.2) is 17.1 Å². The molecule has 1 atom stereocenters. The zero-order valence-corrected chi connectivity index (χ0v) is 13.7. The number of halogens is 2. The third-order valence-corrected chi connectivity index (χ3v) is 5.55. The second-order valence-electron chi connectivity index (χ2n) is 6.44. The highest BCUT2D eigenvalue weighted by molar-refractivity contribution is 6.38. The van der Waals surface area contributed by atoms with E-state index in [1.807, 2.05) is 0 Å². The molecule has 0 saturated carbocycles. The van der Waals surface area contributed by atoms with Crippen molar-refractivity contribution < 1.29 is 9.21 Å². The van der Waals surface area contributed by atoms with Crippen LogP contribution in [0.3, 0.4) is 0 Å². The van der Waals surface area contributed by atoms with E-state index in [9.17, 15) is 4.79 Å². The van der Waals surface area contributed by atoms with Crippen LogP contribution in [0.4, 0.5) is 0 Å². The molecule has 3 aliphatic rings. The fourth-order valence-corrected chi connectivity index (χ4v) is 4.42. The van der Waals surface area contributed by atoms with Crippen molar-refractivity contribution in [3.63, 3.8) is 0 Å². The highest BCUT2D eigenvalue weighted by Crippen LogP contribution is 2.36. The van der Waals surface area contributed by atoms with Crippen molar-refractivity contribution in [3.05, 3.63) is 34.0 Å². The Balaban J connectivity index is 1.56. The summed E-state index contributed by atoms with van der Waals surface area (Å²) in [5.41, 5.74) is 0.545. The maximum Gasteiger partial charge on any atom is 0.198 e. The van der Waals surface area contributed by atoms with Crippen LogP contribution < -0.4 is 0 Å². The first-order chi connectivity index (χ1) is 10.6. The molecular formula is C17H17Cl2NO2. The predicted octanol–water partition coefficient (Wildman–Crippen LogP) is 4.65. The summed E-state index contributed by atoms with van der Waals surface area (Å²) in [5, 5.41) is 1.79. The van der Waals surface area contributed by atoms with E-state index in [0.717, 1.165) is 11.9 Å². The normalized spacial score (nSPS) is 27.5. The summed E-state index contributed by atoms with van der Waals surface area (Å²) in [6.45, 7) is 3.42. The molecule has 1 aromatic carbocycles. The molecule has 5 heteroatoms. The molecule has 116 valence electrons. The molecule has 0 amide bonds. The fourth-order valence-electron chi connectivity index (χ4n) is 3.87. The molecule has 0 aliphatic carbocycles. The number of fused-ring (bicyclic) bond motifs is 4. The molecule has 2 bridgehead atoms. The molecule has 0 unspecified atom stereocenters. The van der Waals surface area contributed by atoms with Gasteiger partial charge in [-0.3, -0.25) is 4.79 Å². The molecule has 22 heavy (non-hydrogen) atoms. The standard InChI is InChI=1S/C17H17Cl2NO2/c18-13-5-11-7-16(22-17(11)14(19)8-13)15(21)6-12-9-20-3-1-10(12)2-4-20/h5,7-8,10,12H,1-4,6,9H2/t12-/m0/s1. The number of hydrogen-bond donors (Lipinski definition) is 0. The van der Waals surface area contributed by atoms with E-state index in [4.69, 9.17) is 27.6 Å². The lowest BCUT2D eigenvalue weighted by Crippen LogP contribution is -2.47. The van der Waals surface area contributed by atoms with E-state index in [-0.39, 0.29) is 5.78 Å². The predicted molar refractivity (Wildman–Crippen MR) is 87.8 cm³/mol. The largest absolute Gasteiger partial charge is 0.451 e. The first-order valence-corrected chi connectivity index (χ1v) is 8.50. The van der Waals surface area contributed by atoms with Crippen molar-refractivity contribution >= 4 is 40.0 Å². The zero-order chi connectivity index (χ0) is 15.3. The van der Waals surface area contributed by atoms with Crippen molar-refractivity contribution in [1.82, 2.24) is 4.90 Å². The van der Waals surface area contributed by atoms with E-state index >= 15 is 0 Å². The molecule has 5 rings (SSSR count). The number of piperidine rings is 3. The van der Waals surface area contributed by atoms with Crippen molar-refractivity contribution in [2.45, 2.75) is 19.3 Å². The monoisotopic (exact) mass is 337 g/mol. The molecule has 2 aromatic rings. The molecule has 3 fully saturated rings. The average molecular weight is 338 g/mol.